The van der Waals surface area contributed by atoms with Gasteiger partial charge in [0.25, 0.3) is 5.91 Å². The van der Waals surface area contributed by atoms with Crippen molar-refractivity contribution in [3.63, 3.8) is 0 Å². The Hall–Kier alpha value is -3.87. The Labute approximate surface area is 216 Å². The lowest BCUT2D eigenvalue weighted by atomic mass is 9.90. The molecule has 1 saturated heterocycles. The zero-order valence-corrected chi connectivity index (χ0v) is 21.5. The summed E-state index contributed by atoms with van der Waals surface area (Å²) in [6.07, 6.45) is 2.41. The highest BCUT2D eigenvalue weighted by molar-refractivity contribution is 6.04. The Balaban J connectivity index is 1.47. The molecule has 3 aromatic rings. The predicted octanol–water partition coefficient (Wildman–Crippen LogP) is 3.38. The molecule has 9 nitrogen and oxygen atoms in total. The quantitative estimate of drug-likeness (QED) is 0.551. The molecule has 0 aliphatic carbocycles. The molecular formula is C28H31N7O2. The maximum absolute atomic E-state index is 13.1. The second kappa shape index (κ2) is 10.2. The summed E-state index contributed by atoms with van der Waals surface area (Å²) in [7, 11) is 0. The third kappa shape index (κ3) is 5.17. The fourth-order valence-electron chi connectivity index (χ4n) is 4.60. The van der Waals surface area contributed by atoms with Crippen molar-refractivity contribution < 1.29 is 9.53 Å². The highest BCUT2D eigenvalue weighted by atomic mass is 16.5. The fourth-order valence-corrected chi connectivity index (χ4v) is 4.60. The van der Waals surface area contributed by atoms with E-state index in [-0.39, 0.29) is 5.91 Å². The van der Waals surface area contributed by atoms with Gasteiger partial charge in [-0.2, -0.15) is 5.26 Å². The number of aromatic nitrogens is 3. The molecule has 2 N–H and O–H groups in total. The number of hydrogen-bond donors (Lipinski definition) is 2. The molecule has 4 heterocycles. The monoisotopic (exact) mass is 497 g/mol. The number of nitriles is 1. The van der Waals surface area contributed by atoms with Crippen LogP contribution >= 0.6 is 0 Å². The predicted molar refractivity (Wildman–Crippen MR) is 141 cm³/mol. The van der Waals surface area contributed by atoms with Gasteiger partial charge in [0.2, 0.25) is 0 Å². The molecule has 1 fully saturated rings. The number of benzene rings is 1. The Morgan fingerprint density at radius 3 is 2.78 bits per heavy atom. The van der Waals surface area contributed by atoms with Crippen LogP contribution < -0.4 is 15.5 Å². The maximum atomic E-state index is 13.1. The first-order valence-corrected chi connectivity index (χ1v) is 12.6. The van der Waals surface area contributed by atoms with Gasteiger partial charge in [0.15, 0.2) is 5.82 Å². The zero-order chi connectivity index (χ0) is 26.0. The molecule has 1 amide bonds. The van der Waals surface area contributed by atoms with Crippen LogP contribution in [0.1, 0.15) is 46.7 Å². The smallest absolute Gasteiger partial charge is 0.255 e. The largest absolute Gasteiger partial charge is 0.378 e. The molecule has 0 radical (unpaired) electrons. The first kappa shape index (κ1) is 24.8. The Bertz CT molecular complexity index is 1370. The van der Waals surface area contributed by atoms with Gasteiger partial charge in [0.05, 0.1) is 36.1 Å². The van der Waals surface area contributed by atoms with Crippen LogP contribution in [0.5, 0.6) is 0 Å². The first-order chi connectivity index (χ1) is 17.9. The van der Waals surface area contributed by atoms with Gasteiger partial charge in [0, 0.05) is 61.2 Å². The van der Waals surface area contributed by atoms with E-state index < -0.39 is 5.41 Å². The molecule has 190 valence electrons. The van der Waals surface area contributed by atoms with Crippen molar-refractivity contribution in [1.82, 2.24) is 20.3 Å². The lowest BCUT2D eigenvalue weighted by molar-refractivity contribution is 0.102. The summed E-state index contributed by atoms with van der Waals surface area (Å²) in [6.45, 7) is 10.2. The normalized spacial score (nSPS) is 15.6. The SMILES string of the molecule is Cc1ccc(NC(=O)c2ccnc(C(C)(C)C#N)c2)cc1-c1nc2c(c(N3CCOCC3)n1)CNCC2. The third-order valence-corrected chi connectivity index (χ3v) is 6.90. The van der Waals surface area contributed by atoms with Gasteiger partial charge in [-0.15, -0.1) is 0 Å². The van der Waals surface area contributed by atoms with E-state index >= 15 is 0 Å². The molecule has 0 spiro atoms. The van der Waals surface area contributed by atoms with E-state index in [1.807, 2.05) is 25.1 Å². The van der Waals surface area contributed by atoms with Crippen LogP contribution in [0.25, 0.3) is 11.4 Å². The zero-order valence-electron chi connectivity index (χ0n) is 21.5. The van der Waals surface area contributed by atoms with Gasteiger partial charge in [-0.3, -0.25) is 9.78 Å². The van der Waals surface area contributed by atoms with Gasteiger partial charge < -0.3 is 20.3 Å². The van der Waals surface area contributed by atoms with E-state index in [9.17, 15) is 10.1 Å². The average molecular weight is 498 g/mol. The van der Waals surface area contributed by atoms with E-state index in [0.29, 0.717) is 36.0 Å². The average Bonchev–Trinajstić information content (AvgIpc) is 2.94. The number of carbonyl (C=O) groups is 1. The van der Waals surface area contributed by atoms with Crippen molar-refractivity contribution in [2.75, 3.05) is 43.1 Å². The number of hydrogen-bond acceptors (Lipinski definition) is 8. The summed E-state index contributed by atoms with van der Waals surface area (Å²) < 4.78 is 5.56. The van der Waals surface area contributed by atoms with Crippen molar-refractivity contribution in [1.29, 1.82) is 5.26 Å². The number of aryl methyl sites for hydroxylation is 1. The summed E-state index contributed by atoms with van der Waals surface area (Å²) in [5, 5.41) is 15.9. The Morgan fingerprint density at radius 2 is 2.00 bits per heavy atom. The summed E-state index contributed by atoms with van der Waals surface area (Å²) in [4.78, 5) is 29.7. The van der Waals surface area contributed by atoms with Crippen LogP contribution in [0.15, 0.2) is 36.5 Å². The van der Waals surface area contributed by atoms with E-state index in [4.69, 9.17) is 14.7 Å². The molecule has 0 unspecified atom stereocenters. The van der Waals surface area contributed by atoms with Crippen molar-refractivity contribution in [3.8, 4) is 17.5 Å². The molecule has 2 aliphatic rings. The number of carbonyl (C=O) groups excluding carboxylic acids is 1. The second-order valence-electron chi connectivity index (χ2n) is 9.97. The molecule has 9 heteroatoms. The molecule has 5 rings (SSSR count). The molecular weight excluding hydrogens is 466 g/mol. The number of pyridine rings is 1. The molecule has 37 heavy (non-hydrogen) atoms. The standard InChI is InChI=1S/C28H31N7O2/c1-18-4-5-20(32-27(36)19-6-9-31-24(14-19)28(2,3)17-29)15-21(18)25-33-23-7-8-30-16-22(23)26(34-25)35-10-12-37-13-11-35/h4-6,9,14-15,30H,7-8,10-13,16H2,1-3H3,(H,32,36). The number of ether oxygens (including phenoxy) is 1. The van der Waals surface area contributed by atoms with Crippen LogP contribution in [0.4, 0.5) is 11.5 Å². The van der Waals surface area contributed by atoms with Crippen LogP contribution in [-0.4, -0.2) is 53.7 Å². The van der Waals surface area contributed by atoms with Crippen LogP contribution in [0.3, 0.4) is 0 Å². The maximum Gasteiger partial charge on any atom is 0.255 e. The number of anilines is 2. The molecule has 0 bridgehead atoms. The number of morpholine rings is 1. The van der Waals surface area contributed by atoms with Gasteiger partial charge in [-0.25, -0.2) is 9.97 Å². The second-order valence-corrected chi connectivity index (χ2v) is 9.97. The number of nitrogens with one attached hydrogen (secondary N) is 2. The molecule has 2 aliphatic heterocycles. The molecule has 2 aromatic heterocycles. The van der Waals surface area contributed by atoms with E-state index in [1.165, 1.54) is 0 Å². The third-order valence-electron chi connectivity index (χ3n) is 6.90. The minimum Gasteiger partial charge on any atom is -0.378 e. The number of rotatable bonds is 5. The van der Waals surface area contributed by atoms with Crippen molar-refractivity contribution >= 4 is 17.4 Å². The van der Waals surface area contributed by atoms with Crippen molar-refractivity contribution in [2.45, 2.75) is 39.2 Å². The fraction of sp³-hybridized carbons (Fsp3) is 0.393. The van der Waals surface area contributed by atoms with Gasteiger partial charge in [0.1, 0.15) is 5.82 Å². The van der Waals surface area contributed by atoms with E-state index in [0.717, 1.165) is 60.8 Å². The Kier molecular flexibility index (Phi) is 6.87. The summed E-state index contributed by atoms with van der Waals surface area (Å²) in [5.41, 5.74) is 5.01. The van der Waals surface area contributed by atoms with E-state index in [1.54, 1.807) is 32.2 Å². The Morgan fingerprint density at radius 1 is 1.19 bits per heavy atom. The summed E-state index contributed by atoms with van der Waals surface area (Å²) in [6, 6.07) is 11.3. The number of amides is 1. The minimum atomic E-state index is -0.787. The lowest BCUT2D eigenvalue weighted by Gasteiger charge is -2.31. The molecule has 0 atom stereocenters. The first-order valence-electron chi connectivity index (χ1n) is 12.6. The molecule has 0 saturated carbocycles. The lowest BCUT2D eigenvalue weighted by Crippen LogP contribution is -2.39. The van der Waals surface area contributed by atoms with Crippen LogP contribution in [0, 0.1) is 18.3 Å². The number of nitrogens with zero attached hydrogens (tertiary/aromatic N) is 5. The van der Waals surface area contributed by atoms with Crippen LogP contribution in [0.2, 0.25) is 0 Å². The van der Waals surface area contributed by atoms with Crippen molar-refractivity contribution in [2.24, 2.45) is 0 Å². The number of fused-ring (bicyclic) bond motifs is 1. The van der Waals surface area contributed by atoms with Crippen molar-refractivity contribution in [3.05, 3.63) is 64.6 Å². The topological polar surface area (TPSA) is 116 Å². The summed E-state index contributed by atoms with van der Waals surface area (Å²) >= 11 is 0. The van der Waals surface area contributed by atoms with Gasteiger partial charge in [-0.1, -0.05) is 6.07 Å². The highest BCUT2D eigenvalue weighted by Crippen LogP contribution is 2.31. The van der Waals surface area contributed by atoms with Gasteiger partial charge >= 0.3 is 0 Å². The van der Waals surface area contributed by atoms with Gasteiger partial charge in [-0.05, 0) is 50.6 Å². The van der Waals surface area contributed by atoms with Crippen LogP contribution in [-0.2, 0) is 23.1 Å². The molecule has 1 aromatic carbocycles. The minimum absolute atomic E-state index is 0.265. The summed E-state index contributed by atoms with van der Waals surface area (Å²) in [5.74, 6) is 1.37. The highest BCUT2D eigenvalue weighted by Gasteiger charge is 2.25. The van der Waals surface area contributed by atoms with E-state index in [2.05, 4.69) is 26.6 Å².